The second-order valence-corrected chi connectivity index (χ2v) is 8.78. The number of piperidine rings is 1. The Labute approximate surface area is 173 Å². The molecule has 7 heteroatoms. The number of anilines is 1. The Bertz CT molecular complexity index is 709. The Hall–Kier alpha value is -1.67. The van der Waals surface area contributed by atoms with Crippen molar-refractivity contribution in [2.45, 2.75) is 51.7 Å². The molecule has 3 heterocycles. The van der Waals surface area contributed by atoms with E-state index in [1.54, 1.807) is 0 Å². The molecular formula is C22H34N4O3. The molecule has 0 aliphatic carbocycles. The zero-order valence-electron chi connectivity index (χ0n) is 17.5. The van der Waals surface area contributed by atoms with Crippen molar-refractivity contribution in [2.75, 3.05) is 38.2 Å². The fraction of sp³-hybridized carbons (Fsp3) is 0.682. The first-order valence-electron chi connectivity index (χ1n) is 10.9. The molecule has 0 aromatic heterocycles. The van der Waals surface area contributed by atoms with Crippen molar-refractivity contribution in [3.8, 4) is 0 Å². The van der Waals surface area contributed by atoms with Crippen molar-refractivity contribution in [1.29, 1.82) is 0 Å². The summed E-state index contributed by atoms with van der Waals surface area (Å²) in [5, 5.41) is 17.1. The quantitative estimate of drug-likeness (QED) is 0.692. The van der Waals surface area contributed by atoms with E-state index < -0.39 is 0 Å². The zero-order chi connectivity index (χ0) is 20.4. The maximum Gasteiger partial charge on any atom is 0.226 e. The third-order valence-electron chi connectivity index (χ3n) is 6.68. The van der Waals surface area contributed by atoms with E-state index in [-0.39, 0.29) is 30.9 Å². The Kier molecular flexibility index (Phi) is 6.39. The molecule has 29 heavy (non-hydrogen) atoms. The van der Waals surface area contributed by atoms with Crippen LogP contribution in [0.2, 0.25) is 0 Å². The highest BCUT2D eigenvalue weighted by Crippen LogP contribution is 2.34. The molecule has 160 valence electrons. The van der Waals surface area contributed by atoms with Crippen molar-refractivity contribution in [3.63, 3.8) is 0 Å². The monoisotopic (exact) mass is 402 g/mol. The van der Waals surface area contributed by atoms with Gasteiger partial charge in [-0.25, -0.2) is 0 Å². The van der Waals surface area contributed by atoms with Crippen LogP contribution in [0.25, 0.3) is 0 Å². The molecule has 4 unspecified atom stereocenters. The highest BCUT2D eigenvalue weighted by molar-refractivity contribution is 5.78. The van der Waals surface area contributed by atoms with Crippen LogP contribution < -0.4 is 10.6 Å². The maximum atomic E-state index is 13.0. The minimum atomic E-state index is 0.0162. The summed E-state index contributed by atoms with van der Waals surface area (Å²) in [5.41, 5.74) is 1.87. The first kappa shape index (κ1) is 20.6. The summed E-state index contributed by atoms with van der Waals surface area (Å²) in [6.45, 7) is 8.48. The summed E-state index contributed by atoms with van der Waals surface area (Å²) in [6.07, 6.45) is 1.71. The lowest BCUT2D eigenvalue weighted by molar-refractivity contribution is -0.150. The lowest BCUT2D eigenvalue weighted by atomic mass is 9.81. The molecule has 1 amide bonds. The van der Waals surface area contributed by atoms with Gasteiger partial charge in [-0.1, -0.05) is 25.1 Å². The van der Waals surface area contributed by atoms with Crippen molar-refractivity contribution in [2.24, 2.45) is 11.8 Å². The number of ether oxygens (including phenoxy) is 1. The van der Waals surface area contributed by atoms with Crippen LogP contribution >= 0.6 is 0 Å². The van der Waals surface area contributed by atoms with Gasteiger partial charge in [0, 0.05) is 42.8 Å². The molecule has 3 aliphatic heterocycles. The topological polar surface area (TPSA) is 77.1 Å². The van der Waals surface area contributed by atoms with Gasteiger partial charge in [0.1, 0.15) is 0 Å². The van der Waals surface area contributed by atoms with E-state index in [2.05, 4.69) is 34.3 Å². The Morgan fingerprint density at radius 2 is 2.07 bits per heavy atom. The Morgan fingerprint density at radius 3 is 2.83 bits per heavy atom. The van der Waals surface area contributed by atoms with Crippen molar-refractivity contribution in [1.82, 2.24) is 15.1 Å². The van der Waals surface area contributed by atoms with Gasteiger partial charge in [-0.15, -0.1) is 0 Å². The van der Waals surface area contributed by atoms with E-state index in [0.29, 0.717) is 18.3 Å². The van der Waals surface area contributed by atoms with Crippen LogP contribution in [-0.2, 0) is 16.1 Å². The number of carbonyl (C=O) groups is 1. The van der Waals surface area contributed by atoms with E-state index in [0.717, 1.165) is 50.5 Å². The number of para-hydroxylation sites is 1. The molecule has 5 atom stereocenters. The van der Waals surface area contributed by atoms with Crippen molar-refractivity contribution < 1.29 is 14.6 Å². The summed E-state index contributed by atoms with van der Waals surface area (Å²) in [6, 6.07) is 8.06. The number of aliphatic hydroxyl groups is 1. The lowest BCUT2D eigenvalue weighted by Crippen LogP contribution is -2.69. The molecule has 0 saturated carbocycles. The maximum absolute atomic E-state index is 13.0. The highest BCUT2D eigenvalue weighted by atomic mass is 16.5. The second-order valence-electron chi connectivity index (χ2n) is 8.78. The van der Waals surface area contributed by atoms with E-state index in [1.165, 1.54) is 0 Å². The molecule has 1 aromatic rings. The number of nitrogens with one attached hydrogen (secondary N) is 2. The standard InChI is InChI=1S/C22H34N4O3/c1-15-11-18(16(2)23-19-6-4-3-5-17(19)14-27)22-24-20(12-21(28)26(22)13-15)25-7-9-29-10-8-25/h3-6,15-16,18,20,22-24,27H,7-14H2,1-2H3/t15?,16-,18?,20?,22?/m0/s1. The predicted molar refractivity (Wildman–Crippen MR) is 112 cm³/mol. The van der Waals surface area contributed by atoms with Crippen molar-refractivity contribution in [3.05, 3.63) is 29.8 Å². The molecular weight excluding hydrogens is 368 g/mol. The number of benzene rings is 1. The summed E-state index contributed by atoms with van der Waals surface area (Å²) < 4.78 is 5.49. The summed E-state index contributed by atoms with van der Waals surface area (Å²) in [5.74, 6) is 1.02. The third-order valence-corrected chi connectivity index (χ3v) is 6.68. The molecule has 3 N–H and O–H groups in total. The number of hydrogen-bond donors (Lipinski definition) is 3. The predicted octanol–water partition coefficient (Wildman–Crippen LogP) is 1.44. The van der Waals surface area contributed by atoms with E-state index in [9.17, 15) is 9.90 Å². The minimum Gasteiger partial charge on any atom is -0.392 e. The van der Waals surface area contributed by atoms with Gasteiger partial charge >= 0.3 is 0 Å². The molecule has 0 radical (unpaired) electrons. The van der Waals surface area contributed by atoms with Crippen LogP contribution in [0.5, 0.6) is 0 Å². The largest absolute Gasteiger partial charge is 0.392 e. The van der Waals surface area contributed by atoms with E-state index in [1.807, 2.05) is 24.3 Å². The number of nitrogens with zero attached hydrogens (tertiary/aromatic N) is 2. The number of rotatable bonds is 5. The number of morpholine rings is 1. The molecule has 4 rings (SSSR count). The van der Waals surface area contributed by atoms with Crippen LogP contribution in [-0.4, -0.2) is 72.0 Å². The number of amides is 1. The zero-order valence-corrected chi connectivity index (χ0v) is 17.5. The van der Waals surface area contributed by atoms with Gasteiger partial charge in [0.05, 0.1) is 38.6 Å². The van der Waals surface area contributed by atoms with E-state index in [4.69, 9.17) is 4.74 Å². The summed E-state index contributed by atoms with van der Waals surface area (Å²) >= 11 is 0. The van der Waals surface area contributed by atoms with Gasteiger partial charge in [-0.05, 0) is 25.3 Å². The molecule has 7 nitrogen and oxygen atoms in total. The SMILES string of the molecule is CC1CC([C@H](C)Nc2ccccc2CO)C2NC(N3CCOCC3)CC(=O)N2C1. The second kappa shape index (κ2) is 9.00. The van der Waals surface area contributed by atoms with Gasteiger partial charge < -0.3 is 20.1 Å². The van der Waals surface area contributed by atoms with Gasteiger partial charge in [0.15, 0.2) is 0 Å². The average Bonchev–Trinajstić information content (AvgIpc) is 2.74. The number of fused-ring (bicyclic) bond motifs is 1. The fourth-order valence-corrected chi connectivity index (χ4v) is 5.11. The molecule has 3 aliphatic rings. The molecule has 0 bridgehead atoms. The Balaban J connectivity index is 1.52. The Morgan fingerprint density at radius 1 is 1.31 bits per heavy atom. The average molecular weight is 403 g/mol. The highest BCUT2D eigenvalue weighted by Gasteiger charge is 2.45. The fourth-order valence-electron chi connectivity index (χ4n) is 5.11. The number of carbonyl (C=O) groups excluding carboxylic acids is 1. The van der Waals surface area contributed by atoms with Gasteiger partial charge in [-0.2, -0.15) is 0 Å². The minimum absolute atomic E-state index is 0.0162. The smallest absolute Gasteiger partial charge is 0.226 e. The van der Waals surface area contributed by atoms with Crippen LogP contribution in [0.15, 0.2) is 24.3 Å². The molecule has 0 spiro atoms. The molecule has 3 saturated heterocycles. The van der Waals surface area contributed by atoms with Crippen LogP contribution in [0, 0.1) is 11.8 Å². The van der Waals surface area contributed by atoms with Crippen molar-refractivity contribution >= 4 is 11.6 Å². The first-order valence-corrected chi connectivity index (χ1v) is 10.9. The first-order chi connectivity index (χ1) is 14.1. The molecule has 1 aromatic carbocycles. The summed E-state index contributed by atoms with van der Waals surface area (Å²) in [7, 11) is 0. The van der Waals surface area contributed by atoms with Crippen LogP contribution in [0.1, 0.15) is 32.3 Å². The summed E-state index contributed by atoms with van der Waals surface area (Å²) in [4.78, 5) is 17.4. The van der Waals surface area contributed by atoms with Crippen LogP contribution in [0.3, 0.4) is 0 Å². The molecule has 3 fully saturated rings. The van der Waals surface area contributed by atoms with Gasteiger partial charge in [0.25, 0.3) is 0 Å². The lowest BCUT2D eigenvalue weighted by Gasteiger charge is -2.52. The van der Waals surface area contributed by atoms with E-state index >= 15 is 0 Å². The normalized spacial score (nSPS) is 32.0. The number of aliphatic hydroxyl groups excluding tert-OH is 1. The van der Waals surface area contributed by atoms with Gasteiger partial charge in [0.2, 0.25) is 5.91 Å². The van der Waals surface area contributed by atoms with Gasteiger partial charge in [-0.3, -0.25) is 15.0 Å². The third kappa shape index (κ3) is 4.43. The van der Waals surface area contributed by atoms with Crippen LogP contribution in [0.4, 0.5) is 5.69 Å². The number of hydrogen-bond acceptors (Lipinski definition) is 6.